The van der Waals surface area contributed by atoms with Gasteiger partial charge >= 0.3 is 18.7 Å². The molecule has 2 unspecified atom stereocenters. The molecule has 2 aliphatic carbocycles. The molecule has 1 aromatic heterocycles. The summed E-state index contributed by atoms with van der Waals surface area (Å²) in [4.78, 5) is 13.4. The average molecular weight is 635 g/mol. The summed E-state index contributed by atoms with van der Waals surface area (Å²) in [5.41, 5.74) is 0.712. The van der Waals surface area contributed by atoms with Crippen LogP contribution in [0.5, 0.6) is 0 Å². The largest absolute Gasteiger partial charge is 0.522 e. The Morgan fingerprint density at radius 1 is 1.29 bits per heavy atom. The number of nitrogens with zero attached hydrogens (tertiary/aromatic N) is 2. The maximum Gasteiger partial charge on any atom is 0.522 e. The third kappa shape index (κ3) is 7.44. The predicted octanol–water partition coefficient (Wildman–Crippen LogP) is 2.95. The monoisotopic (exact) mass is 634 g/mol. The molecule has 3 aliphatic rings. The molecule has 1 amide bonds. The van der Waals surface area contributed by atoms with E-state index in [9.17, 15) is 49.1 Å². The van der Waals surface area contributed by atoms with Gasteiger partial charge < -0.3 is 20.5 Å². The summed E-state index contributed by atoms with van der Waals surface area (Å²) >= 11 is 0. The van der Waals surface area contributed by atoms with Gasteiger partial charge in [0.2, 0.25) is 0 Å². The van der Waals surface area contributed by atoms with Crippen molar-refractivity contribution in [2.45, 2.75) is 75.2 Å². The summed E-state index contributed by atoms with van der Waals surface area (Å²) in [6, 6.07) is 0. The first kappa shape index (κ1) is 32.2. The molecule has 0 fully saturated rings. The van der Waals surface area contributed by atoms with Crippen molar-refractivity contribution in [3.05, 3.63) is 34.6 Å². The van der Waals surface area contributed by atoms with Crippen LogP contribution < -0.4 is 10.6 Å². The minimum atomic E-state index is -4.85. The predicted molar refractivity (Wildman–Crippen MR) is 133 cm³/mol. The molecule has 2 heterocycles. The van der Waals surface area contributed by atoms with Crippen LogP contribution in [0.4, 0.5) is 36.6 Å². The highest BCUT2D eigenvalue weighted by Crippen LogP contribution is 2.46. The summed E-state index contributed by atoms with van der Waals surface area (Å²) in [5.74, 6) is -5.74. The summed E-state index contributed by atoms with van der Waals surface area (Å²) in [5, 5.41) is 20.2. The fraction of sp³-hybridized carbons (Fsp3) is 0.667. The number of aromatic nitrogens is 2. The second-order valence-electron chi connectivity index (χ2n) is 10.5. The lowest BCUT2D eigenvalue weighted by Gasteiger charge is -2.37. The number of aliphatic hydroxyl groups excluding tert-OH is 1. The number of aliphatic hydroxyl groups is 1. The maximum atomic E-state index is 13.4. The van der Waals surface area contributed by atoms with Gasteiger partial charge in [0.05, 0.1) is 29.7 Å². The number of amides is 1. The molecule has 42 heavy (non-hydrogen) atoms. The van der Waals surface area contributed by atoms with Crippen molar-refractivity contribution < 1.29 is 58.5 Å². The van der Waals surface area contributed by atoms with E-state index in [1.165, 1.54) is 10.8 Å². The quantitative estimate of drug-likeness (QED) is 0.182. The molecule has 4 rings (SSSR count). The average Bonchev–Trinajstić information content (AvgIpc) is 3.36. The van der Waals surface area contributed by atoms with Crippen molar-refractivity contribution in [2.24, 2.45) is 0 Å². The SMILES string of the molecule is CS(=O)(=O)CC(O)Nc1c2c(nn1CCCOC(F)(F)F)C[C@@]1(CCC3=C1C=CC(OCC(F)(F)C(F)F)C3)NC2=O. The fourth-order valence-electron chi connectivity index (χ4n) is 5.37. The summed E-state index contributed by atoms with van der Waals surface area (Å²) < 4.78 is 122. The van der Waals surface area contributed by atoms with Crippen molar-refractivity contribution in [2.75, 3.05) is 30.5 Å². The number of alkyl halides is 7. The number of nitrogens with one attached hydrogen (secondary N) is 2. The van der Waals surface area contributed by atoms with Crippen molar-refractivity contribution in [1.29, 1.82) is 0 Å². The van der Waals surface area contributed by atoms with Gasteiger partial charge in [-0.25, -0.2) is 21.9 Å². The standard InChI is InChI=1S/C24H29F7N4O6S/c1-42(38,39)11-17(36)32-19-18-16(34-35(19)7-2-8-41-24(29,30)31)10-22(33-20(18)37)6-5-13-9-14(3-4-15(13)22)40-12-23(27,28)21(25)26/h3-4,14,17,21,32,36H,2,5-12H2,1H3,(H,33,37)/t14?,17?,22-/m1/s1. The van der Waals surface area contributed by atoms with Crippen LogP contribution in [-0.4, -0.2) is 91.0 Å². The van der Waals surface area contributed by atoms with Gasteiger partial charge in [-0.3, -0.25) is 9.53 Å². The number of carbonyl (C=O) groups excluding carboxylic acids is 1. The van der Waals surface area contributed by atoms with Gasteiger partial charge in [-0.2, -0.15) is 13.9 Å². The zero-order valence-corrected chi connectivity index (χ0v) is 23.0. The molecule has 18 heteroatoms. The van der Waals surface area contributed by atoms with E-state index in [1.807, 2.05) is 0 Å². The van der Waals surface area contributed by atoms with Crippen LogP contribution in [0.3, 0.4) is 0 Å². The van der Waals surface area contributed by atoms with Crippen LogP contribution in [0.15, 0.2) is 23.3 Å². The number of fused-ring (bicyclic) bond motifs is 2. The van der Waals surface area contributed by atoms with Crippen LogP contribution in [0.1, 0.15) is 41.7 Å². The molecule has 0 bridgehead atoms. The highest BCUT2D eigenvalue weighted by molar-refractivity contribution is 7.90. The maximum absolute atomic E-state index is 13.4. The van der Waals surface area contributed by atoms with Gasteiger partial charge in [0.25, 0.3) is 5.91 Å². The van der Waals surface area contributed by atoms with E-state index in [1.54, 1.807) is 6.08 Å². The fourth-order valence-corrected chi connectivity index (χ4v) is 6.02. The van der Waals surface area contributed by atoms with Crippen LogP contribution >= 0.6 is 0 Å². The summed E-state index contributed by atoms with van der Waals surface area (Å²) in [7, 11) is -3.65. The zero-order chi connectivity index (χ0) is 31.1. The topological polar surface area (TPSA) is 132 Å². The third-order valence-corrected chi connectivity index (χ3v) is 8.02. The van der Waals surface area contributed by atoms with E-state index < -0.39 is 71.3 Å². The molecule has 236 valence electrons. The first-order chi connectivity index (χ1) is 19.4. The Labute approximate surface area is 235 Å². The van der Waals surface area contributed by atoms with Crippen molar-refractivity contribution in [1.82, 2.24) is 15.1 Å². The van der Waals surface area contributed by atoms with E-state index in [-0.39, 0.29) is 42.9 Å². The van der Waals surface area contributed by atoms with E-state index in [2.05, 4.69) is 20.5 Å². The van der Waals surface area contributed by atoms with Gasteiger partial charge in [0, 0.05) is 19.2 Å². The Hall–Kier alpha value is -2.70. The number of rotatable bonds is 12. The number of hydrogen-bond donors (Lipinski definition) is 3. The van der Waals surface area contributed by atoms with E-state index in [0.717, 1.165) is 11.8 Å². The molecule has 1 aliphatic heterocycles. The first-order valence-electron chi connectivity index (χ1n) is 12.8. The number of anilines is 1. The molecule has 0 radical (unpaired) electrons. The lowest BCUT2D eigenvalue weighted by atomic mass is 9.80. The minimum Gasteiger partial charge on any atom is -0.373 e. The van der Waals surface area contributed by atoms with Crippen LogP contribution in [0.25, 0.3) is 0 Å². The molecule has 1 spiro atoms. The minimum absolute atomic E-state index is 0.0193. The van der Waals surface area contributed by atoms with Crippen molar-refractivity contribution >= 4 is 21.6 Å². The number of carbonyl (C=O) groups is 1. The number of aryl methyl sites for hydroxylation is 1. The van der Waals surface area contributed by atoms with Gasteiger partial charge in [-0.15, -0.1) is 13.2 Å². The van der Waals surface area contributed by atoms with E-state index >= 15 is 0 Å². The molecule has 1 aromatic rings. The Balaban J connectivity index is 1.55. The molecule has 0 saturated carbocycles. The van der Waals surface area contributed by atoms with Gasteiger partial charge in [0.15, 0.2) is 9.84 Å². The van der Waals surface area contributed by atoms with Gasteiger partial charge in [-0.1, -0.05) is 17.7 Å². The van der Waals surface area contributed by atoms with Gasteiger partial charge in [0.1, 0.15) is 24.2 Å². The molecule has 3 N–H and O–H groups in total. The van der Waals surface area contributed by atoms with Crippen molar-refractivity contribution in [3.63, 3.8) is 0 Å². The Morgan fingerprint density at radius 2 is 2.00 bits per heavy atom. The Bertz CT molecular complexity index is 1360. The number of sulfone groups is 1. The summed E-state index contributed by atoms with van der Waals surface area (Å²) in [6.45, 7) is -2.35. The van der Waals surface area contributed by atoms with E-state index in [4.69, 9.17) is 4.74 Å². The second-order valence-corrected chi connectivity index (χ2v) is 12.7. The Morgan fingerprint density at radius 3 is 2.64 bits per heavy atom. The molecule has 10 nitrogen and oxygen atoms in total. The summed E-state index contributed by atoms with van der Waals surface area (Å²) in [6.07, 6.45) is -6.43. The third-order valence-electron chi connectivity index (χ3n) is 7.10. The zero-order valence-electron chi connectivity index (χ0n) is 22.2. The number of halogens is 7. The lowest BCUT2D eigenvalue weighted by Crippen LogP contribution is -2.53. The van der Waals surface area contributed by atoms with Crippen molar-refractivity contribution in [3.8, 4) is 0 Å². The highest BCUT2D eigenvalue weighted by Gasteiger charge is 2.48. The number of ether oxygens (including phenoxy) is 2. The molecular weight excluding hydrogens is 605 g/mol. The second kappa shape index (κ2) is 11.8. The first-order valence-corrected chi connectivity index (χ1v) is 14.9. The molecule has 0 aromatic carbocycles. The van der Waals surface area contributed by atoms with Crippen LogP contribution in [0, 0.1) is 0 Å². The van der Waals surface area contributed by atoms with Gasteiger partial charge in [-0.05, 0) is 31.3 Å². The highest BCUT2D eigenvalue weighted by atomic mass is 32.2. The van der Waals surface area contributed by atoms with E-state index in [0.29, 0.717) is 18.4 Å². The lowest BCUT2D eigenvalue weighted by molar-refractivity contribution is -0.324. The molecule has 0 saturated heterocycles. The number of hydrogen-bond acceptors (Lipinski definition) is 8. The molecule has 3 atom stereocenters. The van der Waals surface area contributed by atoms with Crippen LogP contribution in [0.2, 0.25) is 0 Å². The van der Waals surface area contributed by atoms with Crippen LogP contribution in [-0.2, 0) is 32.3 Å². The Kier molecular flexibility index (Phi) is 9.02. The normalized spacial score (nSPS) is 23.4. The molecular formula is C24H29F7N4O6S. The smallest absolute Gasteiger partial charge is 0.373 e.